The molecule has 1 rings (SSSR count). The molecular weight excluding hydrogens is 266 g/mol. The van der Waals surface area contributed by atoms with Crippen LogP contribution in [0.1, 0.15) is 0 Å². The quantitative estimate of drug-likeness (QED) is 0.839. The average molecular weight is 274 g/mol. The van der Waals surface area contributed by atoms with E-state index in [1.165, 1.54) is 6.07 Å². The first kappa shape index (κ1) is 13.4. The first-order valence-electron chi connectivity index (χ1n) is 4.28. The normalized spacial score (nSPS) is 11.6. The molecule has 0 spiro atoms. The molecule has 0 aliphatic rings. The lowest BCUT2D eigenvalue weighted by Gasteiger charge is -2.10. The van der Waals surface area contributed by atoms with Crippen molar-refractivity contribution in [3.8, 4) is 0 Å². The van der Waals surface area contributed by atoms with Crippen LogP contribution in [0, 0.1) is 0 Å². The van der Waals surface area contributed by atoms with Crippen molar-refractivity contribution in [3.05, 3.63) is 28.2 Å². The van der Waals surface area contributed by atoms with Crippen LogP contribution in [0.15, 0.2) is 18.2 Å². The van der Waals surface area contributed by atoms with Gasteiger partial charge in [0.25, 0.3) is 0 Å². The van der Waals surface area contributed by atoms with Crippen molar-refractivity contribution in [2.75, 3.05) is 18.5 Å². The van der Waals surface area contributed by atoms with Crippen LogP contribution in [0.2, 0.25) is 10.0 Å². The van der Waals surface area contributed by atoms with E-state index in [1.54, 1.807) is 12.1 Å². The van der Waals surface area contributed by atoms with E-state index < -0.39 is 13.0 Å². The number of hydrogen-bond acceptors (Lipinski definition) is 2. The first-order valence-corrected chi connectivity index (χ1v) is 5.04. The molecule has 16 heavy (non-hydrogen) atoms. The standard InChI is InChI=1S/C9H8Cl2F3NO/c10-6-1-2-7(11)8(5-6)15-3-4-16-9(12,13)14/h1-2,5,15H,3-4H2. The van der Waals surface area contributed by atoms with Crippen LogP contribution >= 0.6 is 23.2 Å². The summed E-state index contributed by atoms with van der Waals surface area (Å²) in [4.78, 5) is 0. The van der Waals surface area contributed by atoms with Crippen molar-refractivity contribution in [1.82, 2.24) is 0 Å². The van der Waals surface area contributed by atoms with Gasteiger partial charge in [-0.2, -0.15) is 0 Å². The SMILES string of the molecule is FC(F)(F)OCCNc1cc(Cl)ccc1Cl. The Morgan fingerprint density at radius 3 is 2.56 bits per heavy atom. The molecule has 1 aromatic rings. The Morgan fingerprint density at radius 1 is 1.25 bits per heavy atom. The third-order valence-corrected chi connectivity index (χ3v) is 2.18. The van der Waals surface area contributed by atoms with Gasteiger partial charge in [-0.05, 0) is 18.2 Å². The van der Waals surface area contributed by atoms with Gasteiger partial charge in [-0.15, -0.1) is 13.2 Å². The Bertz CT molecular complexity index is 357. The molecule has 0 saturated carbocycles. The summed E-state index contributed by atoms with van der Waals surface area (Å²) in [5.74, 6) is 0. The zero-order valence-electron chi connectivity index (χ0n) is 7.94. The molecule has 0 bridgehead atoms. The molecule has 0 aromatic heterocycles. The van der Waals surface area contributed by atoms with Crippen LogP contribution in [-0.2, 0) is 4.74 Å². The summed E-state index contributed by atoms with van der Waals surface area (Å²) < 4.78 is 38.5. The fourth-order valence-corrected chi connectivity index (χ4v) is 1.34. The Balaban J connectivity index is 2.40. The minimum atomic E-state index is -4.61. The molecule has 2 nitrogen and oxygen atoms in total. The van der Waals surface area contributed by atoms with E-state index in [0.29, 0.717) is 15.7 Å². The predicted octanol–water partition coefficient (Wildman–Crippen LogP) is 3.94. The highest BCUT2D eigenvalue weighted by Crippen LogP contribution is 2.25. The summed E-state index contributed by atoms with van der Waals surface area (Å²) in [6.45, 7) is -0.508. The lowest BCUT2D eigenvalue weighted by atomic mass is 10.3. The van der Waals surface area contributed by atoms with Gasteiger partial charge < -0.3 is 5.32 Å². The number of anilines is 1. The Labute approximate surface area is 100 Å². The average Bonchev–Trinajstić information content (AvgIpc) is 2.16. The third-order valence-electron chi connectivity index (χ3n) is 1.61. The van der Waals surface area contributed by atoms with Gasteiger partial charge in [-0.25, -0.2) is 0 Å². The predicted molar refractivity (Wildman–Crippen MR) is 57.0 cm³/mol. The number of ether oxygens (including phenoxy) is 1. The second-order valence-electron chi connectivity index (χ2n) is 2.85. The van der Waals surface area contributed by atoms with Crippen molar-refractivity contribution >= 4 is 28.9 Å². The van der Waals surface area contributed by atoms with Gasteiger partial charge in [0.05, 0.1) is 17.3 Å². The molecule has 0 unspecified atom stereocenters. The summed E-state index contributed by atoms with van der Waals surface area (Å²) in [5.41, 5.74) is 0.472. The van der Waals surface area contributed by atoms with Crippen LogP contribution in [0.25, 0.3) is 0 Å². The summed E-state index contributed by atoms with van der Waals surface area (Å²) in [7, 11) is 0. The van der Waals surface area contributed by atoms with Gasteiger partial charge in [0, 0.05) is 11.6 Å². The van der Waals surface area contributed by atoms with Crippen LogP contribution in [0.4, 0.5) is 18.9 Å². The smallest absolute Gasteiger partial charge is 0.381 e. The minimum absolute atomic E-state index is 0.0143. The number of hydrogen-bond donors (Lipinski definition) is 1. The maximum Gasteiger partial charge on any atom is 0.522 e. The van der Waals surface area contributed by atoms with Crippen molar-refractivity contribution in [3.63, 3.8) is 0 Å². The highest BCUT2D eigenvalue weighted by molar-refractivity contribution is 6.35. The summed E-state index contributed by atoms with van der Waals surface area (Å²) in [6.07, 6.45) is -4.61. The largest absolute Gasteiger partial charge is 0.522 e. The van der Waals surface area contributed by atoms with Crippen LogP contribution < -0.4 is 5.32 Å². The zero-order chi connectivity index (χ0) is 12.2. The van der Waals surface area contributed by atoms with Crippen molar-refractivity contribution < 1.29 is 17.9 Å². The molecule has 7 heteroatoms. The molecule has 0 fully saturated rings. The topological polar surface area (TPSA) is 21.3 Å². The van der Waals surface area contributed by atoms with Gasteiger partial charge in [0.2, 0.25) is 0 Å². The summed E-state index contributed by atoms with van der Waals surface area (Å²) >= 11 is 11.5. The highest BCUT2D eigenvalue weighted by atomic mass is 35.5. The maximum absolute atomic E-state index is 11.6. The number of benzene rings is 1. The van der Waals surface area contributed by atoms with E-state index in [4.69, 9.17) is 23.2 Å². The second kappa shape index (κ2) is 5.61. The van der Waals surface area contributed by atoms with E-state index >= 15 is 0 Å². The van der Waals surface area contributed by atoms with Crippen LogP contribution in [-0.4, -0.2) is 19.5 Å². The molecule has 0 aliphatic heterocycles. The van der Waals surface area contributed by atoms with Crippen molar-refractivity contribution in [1.29, 1.82) is 0 Å². The van der Waals surface area contributed by atoms with Gasteiger partial charge in [0.15, 0.2) is 0 Å². The Hall–Kier alpha value is -0.650. The number of rotatable bonds is 4. The fraction of sp³-hybridized carbons (Fsp3) is 0.333. The van der Waals surface area contributed by atoms with E-state index in [0.717, 1.165) is 0 Å². The lowest BCUT2D eigenvalue weighted by molar-refractivity contribution is -0.322. The second-order valence-corrected chi connectivity index (χ2v) is 3.69. The molecule has 1 N–H and O–H groups in total. The minimum Gasteiger partial charge on any atom is -0.381 e. The zero-order valence-corrected chi connectivity index (χ0v) is 9.46. The van der Waals surface area contributed by atoms with Crippen molar-refractivity contribution in [2.24, 2.45) is 0 Å². The molecule has 90 valence electrons. The fourth-order valence-electron chi connectivity index (χ4n) is 0.985. The molecular formula is C9H8Cl2F3NO. The molecule has 0 aliphatic carbocycles. The molecule has 0 amide bonds. The summed E-state index contributed by atoms with van der Waals surface area (Å²) in [6, 6.07) is 4.66. The van der Waals surface area contributed by atoms with E-state index in [9.17, 15) is 13.2 Å². The molecule has 0 heterocycles. The van der Waals surface area contributed by atoms with Crippen LogP contribution in [0.3, 0.4) is 0 Å². The van der Waals surface area contributed by atoms with Gasteiger partial charge in [-0.3, -0.25) is 4.74 Å². The summed E-state index contributed by atoms with van der Waals surface area (Å²) in [5, 5.41) is 3.52. The highest BCUT2D eigenvalue weighted by Gasteiger charge is 2.28. The maximum atomic E-state index is 11.6. The van der Waals surface area contributed by atoms with E-state index in [-0.39, 0.29) is 6.54 Å². The molecule has 0 saturated heterocycles. The van der Waals surface area contributed by atoms with Gasteiger partial charge in [-0.1, -0.05) is 23.2 Å². The lowest BCUT2D eigenvalue weighted by Crippen LogP contribution is -2.19. The number of halogens is 5. The first-order chi connectivity index (χ1) is 7.38. The third kappa shape index (κ3) is 4.92. The monoisotopic (exact) mass is 273 g/mol. The van der Waals surface area contributed by atoms with E-state index in [1.807, 2.05) is 0 Å². The van der Waals surface area contributed by atoms with Crippen LogP contribution in [0.5, 0.6) is 0 Å². The number of alkyl halides is 3. The number of nitrogens with one attached hydrogen (secondary N) is 1. The molecule has 1 aromatic carbocycles. The van der Waals surface area contributed by atoms with E-state index in [2.05, 4.69) is 10.1 Å². The molecule has 0 radical (unpaired) electrons. The van der Waals surface area contributed by atoms with Gasteiger partial charge in [0.1, 0.15) is 0 Å². The Morgan fingerprint density at radius 2 is 1.94 bits per heavy atom. The van der Waals surface area contributed by atoms with Crippen molar-refractivity contribution in [2.45, 2.75) is 6.36 Å². The molecule has 0 atom stereocenters. The van der Waals surface area contributed by atoms with Gasteiger partial charge >= 0.3 is 6.36 Å². The Kier molecular flexibility index (Phi) is 4.70.